The molecule has 1 heterocycles. The Hall–Kier alpha value is -4.23. The minimum atomic E-state index is -5.24. The molecule has 1 amide bonds. The van der Waals surface area contributed by atoms with Crippen LogP contribution in [0.25, 0.3) is 11.1 Å². The maximum atomic E-state index is 14.2. The summed E-state index contributed by atoms with van der Waals surface area (Å²) in [7, 11) is 0. The summed E-state index contributed by atoms with van der Waals surface area (Å²) in [5.41, 5.74) is 0.742. The van der Waals surface area contributed by atoms with Crippen LogP contribution in [0.4, 0.5) is 22.0 Å². The molecule has 0 aliphatic heterocycles. The number of nitrogens with one attached hydrogen (secondary N) is 2. The molecule has 1 aliphatic rings. The number of carbonyl (C=O) groups is 1. The molecule has 12 heteroatoms. The number of benzene rings is 3. The van der Waals surface area contributed by atoms with E-state index in [0.29, 0.717) is 28.8 Å². The summed E-state index contributed by atoms with van der Waals surface area (Å²) in [6, 6.07) is 17.9. The fourth-order valence-corrected chi connectivity index (χ4v) is 6.31. The summed E-state index contributed by atoms with van der Waals surface area (Å²) in [5, 5.41) is 19.0. The quantitative estimate of drug-likeness (QED) is 0.132. The van der Waals surface area contributed by atoms with Gasteiger partial charge in [0.1, 0.15) is 16.6 Å². The van der Waals surface area contributed by atoms with Crippen LogP contribution in [0, 0.1) is 11.6 Å². The molecule has 0 bridgehead atoms. The molecule has 1 aromatic heterocycles. The number of allylic oxidation sites excluding steroid dienone is 2. The average molecular weight is 684 g/mol. The Kier molecular flexibility index (Phi) is 11.2. The molecule has 3 N–H and O–H groups in total. The third-order valence-electron chi connectivity index (χ3n) is 7.92. The van der Waals surface area contributed by atoms with E-state index in [1.807, 2.05) is 31.2 Å². The van der Waals surface area contributed by atoms with Crippen LogP contribution < -0.4 is 10.6 Å². The maximum absolute atomic E-state index is 14.2. The number of carbonyl (C=O) groups excluding carboxylic acids is 1. The first-order valence-corrected chi connectivity index (χ1v) is 16.2. The summed E-state index contributed by atoms with van der Waals surface area (Å²) in [6.45, 7) is 2.28. The number of ether oxygens (including phenoxy) is 1. The van der Waals surface area contributed by atoms with Gasteiger partial charge >= 0.3 is 6.36 Å². The predicted molar refractivity (Wildman–Crippen MR) is 175 cm³/mol. The number of hydrogen-bond donors (Lipinski definition) is 3. The molecule has 3 atom stereocenters. The smallest absolute Gasteiger partial charge is 0.390 e. The maximum Gasteiger partial charge on any atom is 0.523 e. The first kappa shape index (κ1) is 35.1. The van der Waals surface area contributed by atoms with Crippen LogP contribution in [0.5, 0.6) is 0 Å². The van der Waals surface area contributed by atoms with Crippen molar-refractivity contribution in [2.45, 2.75) is 56.8 Å². The first-order valence-electron chi connectivity index (χ1n) is 15.3. The number of nitrogens with zero attached hydrogens (tertiary/aromatic N) is 1. The molecule has 252 valence electrons. The van der Waals surface area contributed by atoms with Crippen LogP contribution in [0.1, 0.15) is 40.6 Å². The Labute approximate surface area is 279 Å². The molecule has 4 aromatic rings. The molecule has 0 saturated carbocycles. The van der Waals surface area contributed by atoms with Crippen LogP contribution >= 0.6 is 11.3 Å². The lowest BCUT2D eigenvalue weighted by molar-refractivity contribution is -0.351. The number of amides is 1. The SMILES string of the molecule is CCc1cccc(CNC[C@@H](O)[C@H](Cc2cc(F)cc(F)c2)NC(=O)C2(OC(F)(F)F)C=C(c3nccs3)C=C(c3ccccc3)C2)c1. The van der Waals surface area contributed by atoms with Crippen molar-refractivity contribution in [3.8, 4) is 0 Å². The lowest BCUT2D eigenvalue weighted by atomic mass is 9.82. The average Bonchev–Trinajstić information content (AvgIpc) is 3.59. The molecular formula is C36H34F5N3O3S. The van der Waals surface area contributed by atoms with Crippen LogP contribution in [0.15, 0.2) is 96.5 Å². The van der Waals surface area contributed by atoms with Crippen molar-refractivity contribution < 1.29 is 36.6 Å². The summed E-state index contributed by atoms with van der Waals surface area (Å²) < 4.78 is 75.4. The second-order valence-electron chi connectivity index (χ2n) is 11.5. The number of thiazole rings is 1. The van der Waals surface area contributed by atoms with Crippen LogP contribution in [0.2, 0.25) is 0 Å². The highest BCUT2D eigenvalue weighted by Crippen LogP contribution is 2.42. The van der Waals surface area contributed by atoms with Crippen molar-refractivity contribution in [2.24, 2.45) is 0 Å². The van der Waals surface area contributed by atoms with Gasteiger partial charge in [-0.15, -0.1) is 24.5 Å². The van der Waals surface area contributed by atoms with Gasteiger partial charge in [-0.05, 0) is 65.0 Å². The second kappa shape index (κ2) is 15.3. The molecule has 0 radical (unpaired) electrons. The summed E-state index contributed by atoms with van der Waals surface area (Å²) in [4.78, 5) is 18.4. The number of halogens is 5. The van der Waals surface area contributed by atoms with Gasteiger partial charge in [0.15, 0.2) is 5.60 Å². The van der Waals surface area contributed by atoms with E-state index in [1.54, 1.807) is 41.8 Å². The number of aliphatic hydroxyl groups is 1. The van der Waals surface area contributed by atoms with E-state index in [9.17, 15) is 31.9 Å². The van der Waals surface area contributed by atoms with E-state index in [1.165, 1.54) is 17.5 Å². The highest BCUT2D eigenvalue weighted by Gasteiger charge is 2.50. The van der Waals surface area contributed by atoms with Gasteiger partial charge in [-0.25, -0.2) is 13.8 Å². The summed E-state index contributed by atoms with van der Waals surface area (Å²) in [5.74, 6) is -2.94. The Morgan fingerprint density at radius 3 is 2.42 bits per heavy atom. The van der Waals surface area contributed by atoms with Crippen molar-refractivity contribution in [3.05, 3.63) is 135 Å². The number of rotatable bonds is 13. The fraction of sp³-hybridized carbons (Fsp3) is 0.278. The monoisotopic (exact) mass is 683 g/mol. The van der Waals surface area contributed by atoms with Crippen molar-refractivity contribution in [1.29, 1.82) is 0 Å². The third kappa shape index (κ3) is 9.22. The molecule has 0 saturated heterocycles. The van der Waals surface area contributed by atoms with Gasteiger partial charge in [-0.1, -0.05) is 61.5 Å². The zero-order valence-electron chi connectivity index (χ0n) is 25.9. The molecule has 0 spiro atoms. The molecule has 0 fully saturated rings. The van der Waals surface area contributed by atoms with Gasteiger partial charge in [-0.2, -0.15) is 0 Å². The molecule has 1 unspecified atom stereocenters. The molecule has 6 nitrogen and oxygen atoms in total. The highest BCUT2D eigenvalue weighted by atomic mass is 32.1. The zero-order chi connectivity index (χ0) is 34.3. The second-order valence-corrected chi connectivity index (χ2v) is 12.4. The number of alkyl halides is 3. The van der Waals surface area contributed by atoms with Crippen molar-refractivity contribution >= 4 is 28.4 Å². The molecular weight excluding hydrogens is 649 g/mol. The van der Waals surface area contributed by atoms with Crippen molar-refractivity contribution in [1.82, 2.24) is 15.6 Å². The van der Waals surface area contributed by atoms with E-state index in [4.69, 9.17) is 0 Å². The van der Waals surface area contributed by atoms with E-state index >= 15 is 0 Å². The molecule has 3 aromatic carbocycles. The number of aryl methyl sites for hydroxylation is 1. The van der Waals surface area contributed by atoms with Gasteiger partial charge in [-0.3, -0.25) is 9.53 Å². The zero-order valence-corrected chi connectivity index (χ0v) is 26.8. The first-order chi connectivity index (χ1) is 22.9. The van der Waals surface area contributed by atoms with Crippen LogP contribution in [-0.4, -0.2) is 46.7 Å². The van der Waals surface area contributed by atoms with E-state index in [2.05, 4.69) is 20.4 Å². The van der Waals surface area contributed by atoms with E-state index in [0.717, 1.165) is 35.8 Å². The summed E-state index contributed by atoms with van der Waals surface area (Å²) in [6.07, 6.45) is -2.33. The number of aliphatic hydroxyl groups excluding tert-OH is 1. The predicted octanol–water partition coefficient (Wildman–Crippen LogP) is 7.01. The summed E-state index contributed by atoms with van der Waals surface area (Å²) >= 11 is 1.18. The van der Waals surface area contributed by atoms with Gasteiger partial charge in [0.2, 0.25) is 0 Å². The third-order valence-corrected chi connectivity index (χ3v) is 8.74. The Morgan fingerprint density at radius 2 is 1.75 bits per heavy atom. The Balaban J connectivity index is 1.47. The molecule has 1 aliphatic carbocycles. The topological polar surface area (TPSA) is 83.5 Å². The minimum Gasteiger partial charge on any atom is -0.390 e. The normalized spacial score (nSPS) is 17.7. The fourth-order valence-electron chi connectivity index (χ4n) is 5.68. The largest absolute Gasteiger partial charge is 0.523 e. The van der Waals surface area contributed by atoms with Gasteiger partial charge < -0.3 is 15.7 Å². The highest BCUT2D eigenvalue weighted by molar-refractivity contribution is 7.10. The Morgan fingerprint density at radius 1 is 1.02 bits per heavy atom. The Bertz CT molecular complexity index is 1740. The van der Waals surface area contributed by atoms with Gasteiger partial charge in [0.25, 0.3) is 5.91 Å². The minimum absolute atomic E-state index is 0.0887. The van der Waals surface area contributed by atoms with E-state index < -0.39 is 48.1 Å². The van der Waals surface area contributed by atoms with Crippen molar-refractivity contribution in [3.63, 3.8) is 0 Å². The lowest BCUT2D eigenvalue weighted by Crippen LogP contribution is -2.57. The van der Waals surface area contributed by atoms with Gasteiger partial charge in [0.05, 0.1) is 12.1 Å². The molecule has 48 heavy (non-hydrogen) atoms. The van der Waals surface area contributed by atoms with E-state index in [-0.39, 0.29) is 24.1 Å². The van der Waals surface area contributed by atoms with Crippen molar-refractivity contribution in [2.75, 3.05) is 6.54 Å². The standard InChI is InChI=1S/C36H34F5N3O3S/c1-2-23-7-6-8-24(13-23)21-42-22-32(45)31(16-25-14-29(37)18-30(38)15-25)44-34(46)35(47-36(39,40)41)19-27(26-9-4-3-5-10-26)17-28(20-35)33-43-11-12-48-33/h3-15,17-18,20,31-32,42,45H,2,16,19,21-22H2,1H3,(H,44,46)/t31-,32+,35?/m0/s1. The molecule has 5 rings (SSSR count). The number of hydrogen-bond acceptors (Lipinski definition) is 6. The van der Waals surface area contributed by atoms with Crippen LogP contribution in [0.3, 0.4) is 0 Å². The van der Waals surface area contributed by atoms with Gasteiger partial charge in [0, 0.05) is 42.7 Å². The number of aromatic nitrogens is 1. The lowest BCUT2D eigenvalue weighted by Gasteiger charge is -2.36. The van der Waals surface area contributed by atoms with Crippen LogP contribution in [-0.2, 0) is 28.9 Å².